The first-order valence-electron chi connectivity index (χ1n) is 6.81. The van der Waals surface area contributed by atoms with E-state index >= 15 is 0 Å². The number of nitrogens with zero attached hydrogens (tertiary/aromatic N) is 2. The Morgan fingerprint density at radius 2 is 2.24 bits per heavy atom. The molecule has 4 N–H and O–H groups in total. The Balaban J connectivity index is 1.63. The SMILES string of the molecule is Nc1cc(C(=O)N[C@@H]2COC[C@H]2Cc2ccncc2)[nH]n1. The normalized spacial score (nSPS) is 21.3. The minimum atomic E-state index is -0.213. The number of hydrogen-bond donors (Lipinski definition) is 3. The molecule has 1 amide bonds. The molecule has 7 heteroatoms. The molecule has 2 atom stereocenters. The van der Waals surface area contributed by atoms with Gasteiger partial charge in [0.15, 0.2) is 0 Å². The van der Waals surface area contributed by atoms with Crippen molar-refractivity contribution in [3.05, 3.63) is 41.9 Å². The van der Waals surface area contributed by atoms with Gasteiger partial charge < -0.3 is 15.8 Å². The first-order chi connectivity index (χ1) is 10.2. The molecule has 3 rings (SSSR count). The monoisotopic (exact) mass is 287 g/mol. The lowest BCUT2D eigenvalue weighted by Crippen LogP contribution is -2.40. The number of rotatable bonds is 4. The summed E-state index contributed by atoms with van der Waals surface area (Å²) >= 11 is 0. The van der Waals surface area contributed by atoms with Gasteiger partial charge in [0.2, 0.25) is 0 Å². The lowest BCUT2D eigenvalue weighted by Gasteiger charge is -2.18. The summed E-state index contributed by atoms with van der Waals surface area (Å²) < 4.78 is 5.50. The molecule has 3 heterocycles. The number of nitrogens with one attached hydrogen (secondary N) is 2. The molecule has 2 aromatic rings. The van der Waals surface area contributed by atoms with Crippen LogP contribution in [0.3, 0.4) is 0 Å². The van der Waals surface area contributed by atoms with Crippen molar-refractivity contribution < 1.29 is 9.53 Å². The molecule has 0 bridgehead atoms. The third-order valence-corrected chi connectivity index (χ3v) is 3.60. The van der Waals surface area contributed by atoms with Crippen LogP contribution >= 0.6 is 0 Å². The van der Waals surface area contributed by atoms with E-state index in [4.69, 9.17) is 10.5 Å². The van der Waals surface area contributed by atoms with E-state index in [1.165, 1.54) is 11.6 Å². The molecule has 0 aliphatic carbocycles. The maximum Gasteiger partial charge on any atom is 0.269 e. The van der Waals surface area contributed by atoms with Gasteiger partial charge in [0.25, 0.3) is 5.91 Å². The summed E-state index contributed by atoms with van der Waals surface area (Å²) in [5.74, 6) is 0.335. The Labute approximate surface area is 121 Å². The molecule has 0 spiro atoms. The van der Waals surface area contributed by atoms with Gasteiger partial charge in [0.1, 0.15) is 11.5 Å². The van der Waals surface area contributed by atoms with Crippen molar-refractivity contribution in [2.24, 2.45) is 5.92 Å². The van der Waals surface area contributed by atoms with Gasteiger partial charge in [-0.2, -0.15) is 5.10 Å². The van der Waals surface area contributed by atoms with Crippen LogP contribution in [0.15, 0.2) is 30.6 Å². The number of ether oxygens (including phenoxy) is 1. The van der Waals surface area contributed by atoms with Gasteiger partial charge in [-0.1, -0.05) is 0 Å². The maximum atomic E-state index is 12.1. The second-order valence-corrected chi connectivity index (χ2v) is 5.14. The number of carbonyl (C=O) groups is 1. The maximum absolute atomic E-state index is 12.1. The highest BCUT2D eigenvalue weighted by molar-refractivity contribution is 5.93. The lowest BCUT2D eigenvalue weighted by atomic mass is 9.95. The van der Waals surface area contributed by atoms with Crippen molar-refractivity contribution >= 4 is 11.7 Å². The van der Waals surface area contributed by atoms with Crippen LogP contribution in [0.25, 0.3) is 0 Å². The first kappa shape index (κ1) is 13.6. The average molecular weight is 287 g/mol. The zero-order valence-electron chi connectivity index (χ0n) is 11.5. The highest BCUT2D eigenvalue weighted by Gasteiger charge is 2.30. The van der Waals surface area contributed by atoms with E-state index in [2.05, 4.69) is 20.5 Å². The zero-order valence-corrected chi connectivity index (χ0v) is 11.5. The van der Waals surface area contributed by atoms with Crippen LogP contribution in [0, 0.1) is 5.92 Å². The summed E-state index contributed by atoms with van der Waals surface area (Å²) in [6.07, 6.45) is 4.39. The second-order valence-electron chi connectivity index (χ2n) is 5.14. The van der Waals surface area contributed by atoms with E-state index in [1.54, 1.807) is 12.4 Å². The number of carbonyl (C=O) groups excluding carboxylic acids is 1. The molecule has 1 aliphatic rings. The average Bonchev–Trinajstić information content (AvgIpc) is 3.10. The van der Waals surface area contributed by atoms with Crippen LogP contribution in [0.5, 0.6) is 0 Å². The van der Waals surface area contributed by atoms with Gasteiger partial charge in [-0.05, 0) is 24.1 Å². The van der Waals surface area contributed by atoms with E-state index in [1.807, 2.05) is 12.1 Å². The Morgan fingerprint density at radius 1 is 1.43 bits per heavy atom. The first-order valence-corrected chi connectivity index (χ1v) is 6.81. The molecule has 0 saturated carbocycles. The number of nitrogen functional groups attached to an aromatic ring is 1. The standard InChI is InChI=1S/C14H17N5O2/c15-13-6-11(18-19-13)14(20)17-12-8-21-7-10(12)5-9-1-3-16-4-2-9/h1-4,6,10,12H,5,7-8H2,(H,17,20)(H3,15,18,19)/t10-,12-/m1/s1. The fraction of sp³-hybridized carbons (Fsp3) is 0.357. The molecule has 1 fully saturated rings. The minimum Gasteiger partial charge on any atom is -0.382 e. The number of pyridine rings is 1. The van der Waals surface area contributed by atoms with Crippen LogP contribution in [-0.2, 0) is 11.2 Å². The van der Waals surface area contributed by atoms with Crippen LogP contribution in [-0.4, -0.2) is 40.3 Å². The topological polar surface area (TPSA) is 106 Å². The van der Waals surface area contributed by atoms with E-state index < -0.39 is 0 Å². The van der Waals surface area contributed by atoms with Crippen LogP contribution < -0.4 is 11.1 Å². The van der Waals surface area contributed by atoms with Crippen molar-refractivity contribution in [3.63, 3.8) is 0 Å². The smallest absolute Gasteiger partial charge is 0.269 e. The number of aromatic nitrogens is 3. The molecule has 1 aliphatic heterocycles. The summed E-state index contributed by atoms with van der Waals surface area (Å²) in [5, 5.41) is 9.33. The zero-order chi connectivity index (χ0) is 14.7. The Bertz CT molecular complexity index is 613. The summed E-state index contributed by atoms with van der Waals surface area (Å²) in [6.45, 7) is 1.16. The number of anilines is 1. The fourth-order valence-electron chi connectivity index (χ4n) is 2.48. The summed E-state index contributed by atoms with van der Waals surface area (Å²) in [5.41, 5.74) is 7.05. The highest BCUT2D eigenvalue weighted by atomic mass is 16.5. The third-order valence-electron chi connectivity index (χ3n) is 3.60. The molecule has 0 radical (unpaired) electrons. The van der Waals surface area contributed by atoms with Crippen LogP contribution in [0.1, 0.15) is 16.1 Å². The summed E-state index contributed by atoms with van der Waals surface area (Å²) in [4.78, 5) is 16.1. The van der Waals surface area contributed by atoms with Crippen LogP contribution in [0.4, 0.5) is 5.82 Å². The van der Waals surface area contributed by atoms with Crippen molar-refractivity contribution in [1.82, 2.24) is 20.5 Å². The fourth-order valence-corrected chi connectivity index (χ4v) is 2.48. The van der Waals surface area contributed by atoms with Gasteiger partial charge in [0, 0.05) is 24.4 Å². The van der Waals surface area contributed by atoms with E-state index in [0.29, 0.717) is 24.7 Å². The van der Waals surface area contributed by atoms with Crippen molar-refractivity contribution in [1.29, 1.82) is 0 Å². The quantitative estimate of drug-likeness (QED) is 0.753. The van der Waals surface area contributed by atoms with Gasteiger partial charge >= 0.3 is 0 Å². The molecule has 7 nitrogen and oxygen atoms in total. The molecular formula is C14H17N5O2. The number of amides is 1. The third kappa shape index (κ3) is 3.19. The number of aromatic amines is 1. The predicted molar refractivity (Wildman–Crippen MR) is 76.5 cm³/mol. The molecule has 0 unspecified atom stereocenters. The largest absolute Gasteiger partial charge is 0.382 e. The van der Waals surface area contributed by atoms with Gasteiger partial charge in [0.05, 0.1) is 19.3 Å². The van der Waals surface area contributed by atoms with Crippen molar-refractivity contribution in [2.45, 2.75) is 12.5 Å². The Kier molecular flexibility index (Phi) is 3.83. The molecular weight excluding hydrogens is 270 g/mol. The van der Waals surface area contributed by atoms with Gasteiger partial charge in [-0.15, -0.1) is 0 Å². The van der Waals surface area contributed by atoms with E-state index in [-0.39, 0.29) is 17.9 Å². The molecule has 2 aromatic heterocycles. The molecule has 1 saturated heterocycles. The molecule has 0 aromatic carbocycles. The highest BCUT2D eigenvalue weighted by Crippen LogP contribution is 2.19. The van der Waals surface area contributed by atoms with Crippen molar-refractivity contribution in [3.8, 4) is 0 Å². The number of nitrogens with two attached hydrogens (primary N) is 1. The summed E-state index contributed by atoms with van der Waals surface area (Å²) in [6, 6.07) is 5.46. The molecule has 110 valence electrons. The lowest BCUT2D eigenvalue weighted by molar-refractivity contribution is 0.0920. The Hall–Kier alpha value is -2.41. The Morgan fingerprint density at radius 3 is 2.95 bits per heavy atom. The van der Waals surface area contributed by atoms with Gasteiger partial charge in [-0.25, -0.2) is 0 Å². The number of H-pyrrole nitrogens is 1. The second kappa shape index (κ2) is 5.92. The van der Waals surface area contributed by atoms with E-state index in [0.717, 1.165) is 6.42 Å². The number of hydrogen-bond acceptors (Lipinski definition) is 5. The minimum absolute atomic E-state index is 0.0183. The van der Waals surface area contributed by atoms with E-state index in [9.17, 15) is 4.79 Å². The molecule has 21 heavy (non-hydrogen) atoms. The van der Waals surface area contributed by atoms with Crippen LogP contribution in [0.2, 0.25) is 0 Å². The predicted octanol–water partition coefficient (Wildman–Crippen LogP) is 0.374. The summed E-state index contributed by atoms with van der Waals surface area (Å²) in [7, 11) is 0. The van der Waals surface area contributed by atoms with Gasteiger partial charge in [-0.3, -0.25) is 14.9 Å². The van der Waals surface area contributed by atoms with Crippen molar-refractivity contribution in [2.75, 3.05) is 18.9 Å².